The van der Waals surface area contributed by atoms with Gasteiger partial charge in [0.05, 0.1) is 12.7 Å². The molecule has 2 unspecified atom stereocenters. The van der Waals surface area contributed by atoms with E-state index < -0.39 is 0 Å². The molecule has 0 amide bonds. The van der Waals surface area contributed by atoms with E-state index in [1.807, 2.05) is 24.3 Å². The van der Waals surface area contributed by atoms with Crippen LogP contribution in [0, 0.1) is 5.41 Å². The normalized spacial score (nSPS) is 29.0. The van der Waals surface area contributed by atoms with Gasteiger partial charge in [-0.25, -0.2) is 0 Å². The van der Waals surface area contributed by atoms with Gasteiger partial charge in [-0.05, 0) is 13.0 Å². The van der Waals surface area contributed by atoms with Gasteiger partial charge in [-0.3, -0.25) is 0 Å². The quantitative estimate of drug-likeness (QED) is 0.743. The largest absolute Gasteiger partial charge is 0.348 e. The summed E-state index contributed by atoms with van der Waals surface area (Å²) in [6.07, 6.45) is -0.181. The fraction of sp³-hybridized carbons (Fsp3) is 0.538. The minimum absolute atomic E-state index is 0.0533. The van der Waals surface area contributed by atoms with Gasteiger partial charge in [0.15, 0.2) is 6.29 Å². The van der Waals surface area contributed by atoms with E-state index in [1.54, 1.807) is 0 Å². The zero-order valence-corrected chi connectivity index (χ0v) is 10.6. The molecule has 1 saturated heterocycles. The molecule has 1 fully saturated rings. The molecule has 0 aliphatic carbocycles. The zero-order chi connectivity index (χ0) is 11.8. The summed E-state index contributed by atoms with van der Waals surface area (Å²) in [5.74, 6) is 0. The topological polar surface area (TPSA) is 18.5 Å². The van der Waals surface area contributed by atoms with Gasteiger partial charge in [0, 0.05) is 16.0 Å². The highest BCUT2D eigenvalue weighted by atomic mass is 35.5. The van der Waals surface area contributed by atoms with Gasteiger partial charge < -0.3 is 9.47 Å². The summed E-state index contributed by atoms with van der Waals surface area (Å²) in [7, 11) is 0. The van der Waals surface area contributed by atoms with Crippen LogP contribution >= 0.6 is 11.6 Å². The average Bonchev–Trinajstić information content (AvgIpc) is 2.23. The molecular formula is C13H17ClO2. The van der Waals surface area contributed by atoms with Crippen molar-refractivity contribution in [3.05, 3.63) is 34.9 Å². The lowest BCUT2D eigenvalue weighted by atomic mass is 9.87. The highest BCUT2D eigenvalue weighted by Crippen LogP contribution is 2.37. The van der Waals surface area contributed by atoms with Crippen LogP contribution in [0.5, 0.6) is 0 Å². The van der Waals surface area contributed by atoms with E-state index in [4.69, 9.17) is 21.1 Å². The van der Waals surface area contributed by atoms with Gasteiger partial charge in [0.2, 0.25) is 0 Å². The van der Waals surface area contributed by atoms with Crippen molar-refractivity contribution in [3.8, 4) is 0 Å². The van der Waals surface area contributed by atoms with Crippen LogP contribution in [-0.4, -0.2) is 12.7 Å². The fourth-order valence-electron chi connectivity index (χ4n) is 1.65. The van der Waals surface area contributed by atoms with Gasteiger partial charge in [0.1, 0.15) is 0 Å². The number of hydrogen-bond donors (Lipinski definition) is 0. The molecule has 2 atom stereocenters. The van der Waals surface area contributed by atoms with E-state index in [9.17, 15) is 0 Å². The third-order valence-corrected chi connectivity index (χ3v) is 3.54. The first-order valence-corrected chi connectivity index (χ1v) is 5.90. The Morgan fingerprint density at radius 1 is 1.31 bits per heavy atom. The number of ether oxygens (including phenoxy) is 2. The van der Waals surface area contributed by atoms with Crippen molar-refractivity contribution < 1.29 is 9.47 Å². The van der Waals surface area contributed by atoms with Crippen LogP contribution in [0.3, 0.4) is 0 Å². The Balaban J connectivity index is 2.17. The van der Waals surface area contributed by atoms with E-state index in [0.717, 1.165) is 5.56 Å². The zero-order valence-electron chi connectivity index (χ0n) is 9.87. The van der Waals surface area contributed by atoms with Crippen LogP contribution in [0.25, 0.3) is 0 Å². The lowest BCUT2D eigenvalue weighted by molar-refractivity contribution is -0.259. The number of rotatable bonds is 1. The van der Waals surface area contributed by atoms with Crippen molar-refractivity contribution in [3.63, 3.8) is 0 Å². The summed E-state index contributed by atoms with van der Waals surface area (Å²) in [6, 6.07) is 7.65. The predicted octanol–water partition coefficient (Wildman–Crippen LogP) is 3.80. The SMILES string of the molecule is CC1OC(c2ccccc2Cl)OCC1(C)C. The van der Waals surface area contributed by atoms with E-state index in [-0.39, 0.29) is 17.8 Å². The minimum atomic E-state index is -0.336. The van der Waals surface area contributed by atoms with Crippen molar-refractivity contribution in [1.29, 1.82) is 0 Å². The molecule has 16 heavy (non-hydrogen) atoms. The first-order chi connectivity index (χ1) is 7.50. The molecule has 0 spiro atoms. The second kappa shape index (κ2) is 4.36. The van der Waals surface area contributed by atoms with Crippen LogP contribution in [-0.2, 0) is 9.47 Å². The van der Waals surface area contributed by atoms with E-state index in [2.05, 4.69) is 20.8 Å². The summed E-state index contributed by atoms with van der Waals surface area (Å²) in [5, 5.41) is 0.694. The van der Waals surface area contributed by atoms with Gasteiger partial charge >= 0.3 is 0 Å². The predicted molar refractivity (Wildman–Crippen MR) is 64.5 cm³/mol. The molecule has 0 radical (unpaired) electrons. The van der Waals surface area contributed by atoms with Crippen molar-refractivity contribution >= 4 is 11.6 Å². The molecule has 0 saturated carbocycles. The Hall–Kier alpha value is -0.570. The highest BCUT2D eigenvalue weighted by molar-refractivity contribution is 6.31. The standard InChI is InChI=1S/C13H17ClO2/c1-9-13(2,3)8-15-12(16-9)10-6-4-5-7-11(10)14/h4-7,9,12H,8H2,1-3H3. The van der Waals surface area contributed by atoms with Crippen molar-refractivity contribution in [2.24, 2.45) is 5.41 Å². The Morgan fingerprint density at radius 2 is 2.00 bits per heavy atom. The highest BCUT2D eigenvalue weighted by Gasteiger charge is 2.36. The summed E-state index contributed by atoms with van der Waals surface area (Å²) in [5.41, 5.74) is 0.962. The molecule has 1 aliphatic heterocycles. The molecule has 0 N–H and O–H groups in total. The molecule has 2 nitrogen and oxygen atoms in total. The minimum Gasteiger partial charge on any atom is -0.348 e. The summed E-state index contributed by atoms with van der Waals surface area (Å²) in [6.45, 7) is 7.04. The summed E-state index contributed by atoms with van der Waals surface area (Å²) < 4.78 is 11.6. The van der Waals surface area contributed by atoms with Crippen LogP contribution < -0.4 is 0 Å². The fourth-order valence-corrected chi connectivity index (χ4v) is 1.87. The van der Waals surface area contributed by atoms with Crippen molar-refractivity contribution in [2.45, 2.75) is 33.2 Å². The summed E-state index contributed by atoms with van der Waals surface area (Å²) >= 11 is 6.12. The Morgan fingerprint density at radius 3 is 2.62 bits per heavy atom. The number of benzene rings is 1. The van der Waals surface area contributed by atoms with Gasteiger partial charge in [-0.2, -0.15) is 0 Å². The first-order valence-electron chi connectivity index (χ1n) is 5.52. The van der Waals surface area contributed by atoms with Gasteiger partial charge in [-0.1, -0.05) is 43.6 Å². The Kier molecular flexibility index (Phi) is 3.24. The maximum absolute atomic E-state index is 6.12. The number of hydrogen-bond acceptors (Lipinski definition) is 2. The van der Waals surface area contributed by atoms with Crippen molar-refractivity contribution in [1.82, 2.24) is 0 Å². The molecule has 0 bridgehead atoms. The third-order valence-electron chi connectivity index (χ3n) is 3.19. The summed E-state index contributed by atoms with van der Waals surface area (Å²) in [4.78, 5) is 0. The maximum atomic E-state index is 6.12. The first kappa shape index (κ1) is 11.9. The molecule has 1 aromatic rings. The smallest absolute Gasteiger partial charge is 0.185 e. The number of halogens is 1. The molecule has 1 aromatic carbocycles. The van der Waals surface area contributed by atoms with Crippen molar-refractivity contribution in [2.75, 3.05) is 6.61 Å². The van der Waals surface area contributed by atoms with E-state index in [1.165, 1.54) is 0 Å². The molecule has 1 aliphatic rings. The molecule has 2 rings (SSSR count). The third kappa shape index (κ3) is 2.24. The molecule has 3 heteroatoms. The Labute approximate surface area is 102 Å². The van der Waals surface area contributed by atoms with Gasteiger partial charge in [0.25, 0.3) is 0 Å². The Bertz CT molecular complexity index is 376. The molecular weight excluding hydrogens is 224 g/mol. The van der Waals surface area contributed by atoms with E-state index in [0.29, 0.717) is 11.6 Å². The van der Waals surface area contributed by atoms with Crippen LogP contribution in [0.1, 0.15) is 32.6 Å². The molecule has 0 aromatic heterocycles. The van der Waals surface area contributed by atoms with Crippen LogP contribution in [0.15, 0.2) is 24.3 Å². The molecule has 88 valence electrons. The monoisotopic (exact) mass is 240 g/mol. The second-order valence-corrected chi connectivity index (χ2v) is 5.34. The maximum Gasteiger partial charge on any atom is 0.185 e. The lowest BCUT2D eigenvalue weighted by Gasteiger charge is -2.40. The van der Waals surface area contributed by atoms with Gasteiger partial charge in [-0.15, -0.1) is 0 Å². The average molecular weight is 241 g/mol. The van der Waals surface area contributed by atoms with Crippen LogP contribution in [0.2, 0.25) is 5.02 Å². The van der Waals surface area contributed by atoms with E-state index >= 15 is 0 Å². The molecule has 1 heterocycles. The van der Waals surface area contributed by atoms with Crippen LogP contribution in [0.4, 0.5) is 0 Å². The second-order valence-electron chi connectivity index (χ2n) is 4.93. The lowest BCUT2D eigenvalue weighted by Crippen LogP contribution is -2.40.